The van der Waals surface area contributed by atoms with E-state index >= 15 is 0 Å². The number of ketones is 1. The second-order valence-corrected chi connectivity index (χ2v) is 22.9. The molecule has 9 rings (SSSR count). The molecule has 16 nitrogen and oxygen atoms in total. The van der Waals surface area contributed by atoms with Crippen molar-refractivity contribution in [1.29, 1.82) is 0 Å². The molecule has 0 aromatic heterocycles. The topological polar surface area (TPSA) is 236 Å². The van der Waals surface area contributed by atoms with Gasteiger partial charge >= 0.3 is 0 Å². The fourth-order valence-electron chi connectivity index (χ4n) is 7.96. The van der Waals surface area contributed by atoms with E-state index < -0.39 is 40.8 Å². The zero-order valence-electron chi connectivity index (χ0n) is 42.1. The van der Waals surface area contributed by atoms with Gasteiger partial charge in [-0.05, 0) is 138 Å². The van der Waals surface area contributed by atoms with Crippen LogP contribution in [0.4, 0.5) is 0 Å². The van der Waals surface area contributed by atoms with Crippen LogP contribution in [0.5, 0.6) is 34.5 Å². The summed E-state index contributed by atoms with van der Waals surface area (Å²) in [6, 6.07) is 58.9. The molecule has 0 heterocycles. The Morgan fingerprint density at radius 3 is 1.53 bits per heavy atom. The molecule has 0 amide bonds. The standard InChI is InChI=1S/C58H44O13S3.CH4O3S/c1-38-13-26-49(27-14-38)73(61,62)50-28-24-48(25-29-50)68-54-31-18-42(34-52(54)40-11-7-4-8-12-40)41-17-30-53(51(33-41)39-9-5-3-6-10-39)67-37-45-16-15-43(35-56(45)72-71-70-60)58(59)44-19-32-55(57(36-44)74(63,64)65)69-47-22-20-46(66-2)21-23-47;1-5(2,3)4/h3-36,60H,37H2,1-2H3,(H,63,64,65);1H3,(H,2,3,4). The molecule has 20 heteroatoms. The first-order chi connectivity index (χ1) is 37.8. The number of sulfone groups is 1. The fraction of sp³-hybridized carbons (Fsp3) is 0.0678. The van der Waals surface area contributed by atoms with Crippen molar-refractivity contribution in [2.24, 2.45) is 0 Å². The largest absolute Gasteiger partial charge is 0.497 e. The van der Waals surface area contributed by atoms with Gasteiger partial charge in [0.1, 0.15) is 46.0 Å². The van der Waals surface area contributed by atoms with Crippen molar-refractivity contribution in [3.63, 3.8) is 0 Å². The van der Waals surface area contributed by atoms with Gasteiger partial charge in [-0.25, -0.2) is 13.7 Å². The number of hydrogen-bond acceptors (Lipinski definition) is 15. The number of rotatable bonds is 19. The minimum atomic E-state index is -4.85. The van der Waals surface area contributed by atoms with Crippen LogP contribution in [-0.2, 0) is 46.1 Å². The van der Waals surface area contributed by atoms with Crippen LogP contribution in [0.25, 0.3) is 33.4 Å². The molecule has 0 aliphatic rings. The van der Waals surface area contributed by atoms with Crippen molar-refractivity contribution in [2.75, 3.05) is 13.4 Å². The van der Waals surface area contributed by atoms with Gasteiger partial charge in [-0.2, -0.15) is 16.8 Å². The molecule has 0 bridgehead atoms. The van der Waals surface area contributed by atoms with Gasteiger partial charge < -0.3 is 18.9 Å². The van der Waals surface area contributed by atoms with E-state index in [-0.39, 0.29) is 39.0 Å². The highest BCUT2D eigenvalue weighted by atomic mass is 32.2. The molecule has 404 valence electrons. The number of methoxy groups -OCH3 is 1. The molecule has 0 spiro atoms. The summed E-state index contributed by atoms with van der Waals surface area (Å²) in [7, 11) is -10.8. The van der Waals surface area contributed by atoms with E-state index in [2.05, 4.69) is 5.04 Å². The first-order valence-corrected chi connectivity index (χ1v) is 29.1. The molecule has 79 heavy (non-hydrogen) atoms. The van der Waals surface area contributed by atoms with Crippen LogP contribution in [-0.4, -0.2) is 58.8 Å². The van der Waals surface area contributed by atoms with Gasteiger partial charge in [-0.15, -0.1) is 4.33 Å². The van der Waals surface area contributed by atoms with Crippen LogP contribution in [0.2, 0.25) is 0 Å². The molecule has 3 N–H and O–H groups in total. The predicted octanol–water partition coefficient (Wildman–Crippen LogP) is 13.4. The molecule has 0 saturated heterocycles. The molecule has 0 radical (unpaired) electrons. The Kier molecular flexibility index (Phi) is 18.1. The summed E-state index contributed by atoms with van der Waals surface area (Å²) < 4.78 is 116. The highest BCUT2D eigenvalue weighted by Crippen LogP contribution is 2.41. The Morgan fingerprint density at radius 2 is 0.987 bits per heavy atom. The third kappa shape index (κ3) is 14.9. The number of hydrogen-bond donors (Lipinski definition) is 3. The summed E-state index contributed by atoms with van der Waals surface area (Å²) in [5, 5.41) is 13.0. The minimum absolute atomic E-state index is 0.0296. The summed E-state index contributed by atoms with van der Waals surface area (Å²) >= 11 is 0.621. The molecule has 0 fully saturated rings. The smallest absolute Gasteiger partial charge is 0.298 e. The van der Waals surface area contributed by atoms with Gasteiger partial charge in [0.05, 0.1) is 35.2 Å². The Bertz CT molecular complexity index is 3950. The van der Waals surface area contributed by atoms with Crippen molar-refractivity contribution in [3.8, 4) is 67.9 Å². The van der Waals surface area contributed by atoms with E-state index in [4.69, 9.17) is 33.1 Å². The minimum Gasteiger partial charge on any atom is -0.497 e. The molecule has 0 saturated carbocycles. The second-order valence-electron chi connectivity index (χ2n) is 17.4. The van der Waals surface area contributed by atoms with Crippen LogP contribution >= 0.6 is 12.0 Å². The van der Waals surface area contributed by atoms with Crippen molar-refractivity contribution >= 4 is 47.9 Å². The number of aryl methyl sites for hydroxylation is 1. The van der Waals surface area contributed by atoms with Gasteiger partial charge in [0.15, 0.2) is 5.78 Å². The van der Waals surface area contributed by atoms with E-state index in [9.17, 15) is 34.6 Å². The SMILES string of the molecule is COc1ccc(Oc2ccc(C(=O)c3ccc(COc4ccc(-c5ccc(Oc6ccc(S(=O)(=O)c7ccc(C)cc7)cc6)c(-c6ccccc6)c5)cc4-c4ccccc4)c(SOOO)c3)cc2S(=O)(=O)O)cc1.CS(=O)(=O)O. The van der Waals surface area contributed by atoms with Crippen LogP contribution in [0.15, 0.2) is 226 Å². The molecule has 0 unspecified atom stereocenters. The third-order valence-electron chi connectivity index (χ3n) is 11.8. The molecule has 0 atom stereocenters. The quantitative estimate of drug-likeness (QED) is 0.0224. The Morgan fingerprint density at radius 1 is 0.519 bits per heavy atom. The average molecular weight is 1140 g/mol. The monoisotopic (exact) mass is 1140 g/mol. The summed E-state index contributed by atoms with van der Waals surface area (Å²) in [6.07, 6.45) is 0.715. The van der Waals surface area contributed by atoms with Crippen molar-refractivity contribution in [3.05, 3.63) is 229 Å². The van der Waals surface area contributed by atoms with Crippen molar-refractivity contribution < 1.29 is 72.7 Å². The van der Waals surface area contributed by atoms with Gasteiger partial charge in [0.2, 0.25) is 9.84 Å². The molecule has 0 aliphatic heterocycles. The van der Waals surface area contributed by atoms with Crippen LogP contribution in [0, 0.1) is 6.92 Å². The summed E-state index contributed by atoms with van der Waals surface area (Å²) in [6.45, 7) is 1.87. The molecule has 9 aromatic rings. The first kappa shape index (κ1) is 57.0. The van der Waals surface area contributed by atoms with Crippen LogP contribution in [0.1, 0.15) is 27.0 Å². The normalized spacial score (nSPS) is 11.5. The highest BCUT2D eigenvalue weighted by Gasteiger charge is 2.23. The third-order valence-corrected chi connectivity index (χ3v) is 15.1. The van der Waals surface area contributed by atoms with Gasteiger partial charge in [-0.3, -0.25) is 13.9 Å². The zero-order chi connectivity index (χ0) is 56.3. The van der Waals surface area contributed by atoms with Gasteiger partial charge in [0.25, 0.3) is 20.2 Å². The maximum absolute atomic E-state index is 13.9. The van der Waals surface area contributed by atoms with Gasteiger partial charge in [-0.1, -0.05) is 108 Å². The lowest BCUT2D eigenvalue weighted by molar-refractivity contribution is -0.432. The molecular weight excluding hydrogens is 1090 g/mol. The number of carbonyl (C=O) groups excluding carboxylic acids is 1. The molecule has 0 aliphatic carbocycles. The van der Waals surface area contributed by atoms with Crippen LogP contribution in [0.3, 0.4) is 0 Å². The lowest BCUT2D eigenvalue weighted by Gasteiger charge is -2.17. The van der Waals surface area contributed by atoms with Gasteiger partial charge in [0, 0.05) is 32.7 Å². The maximum atomic E-state index is 13.9. The van der Waals surface area contributed by atoms with Crippen molar-refractivity contribution in [2.45, 2.75) is 33.1 Å². The second kappa shape index (κ2) is 25.1. The maximum Gasteiger partial charge on any atom is 0.298 e. The number of ether oxygens (including phenoxy) is 4. The Hall–Kier alpha value is -8.15. The number of benzene rings is 9. The summed E-state index contributed by atoms with van der Waals surface area (Å²) in [4.78, 5) is 14.0. The van der Waals surface area contributed by atoms with Crippen molar-refractivity contribution in [1.82, 2.24) is 0 Å². The van der Waals surface area contributed by atoms with E-state index in [0.29, 0.717) is 51.8 Å². The predicted molar refractivity (Wildman–Crippen MR) is 298 cm³/mol. The lowest BCUT2D eigenvalue weighted by Crippen LogP contribution is -2.07. The van der Waals surface area contributed by atoms with E-state index in [0.717, 1.165) is 45.0 Å². The number of carbonyl (C=O) groups is 1. The van der Waals surface area contributed by atoms with E-state index in [1.807, 2.05) is 104 Å². The highest BCUT2D eigenvalue weighted by molar-refractivity contribution is 7.94. The Labute approximate surface area is 460 Å². The van der Waals surface area contributed by atoms with Crippen LogP contribution < -0.4 is 18.9 Å². The average Bonchev–Trinajstić information content (AvgIpc) is 3.47. The summed E-state index contributed by atoms with van der Waals surface area (Å²) in [5.41, 5.74) is 6.65. The van der Waals surface area contributed by atoms with E-state index in [1.165, 1.54) is 43.5 Å². The Balaban J connectivity index is 0.00000157. The molecular formula is C59H48O16S4. The lowest BCUT2D eigenvalue weighted by atomic mass is 9.95. The molecule has 9 aromatic carbocycles. The van der Waals surface area contributed by atoms with E-state index in [1.54, 1.807) is 66.7 Å². The first-order valence-electron chi connectivity index (χ1n) is 23.6. The fourth-order valence-corrected chi connectivity index (χ4v) is 10.4. The summed E-state index contributed by atoms with van der Waals surface area (Å²) in [5.74, 6) is 1.56. The zero-order valence-corrected chi connectivity index (χ0v) is 45.4.